The van der Waals surface area contributed by atoms with Crippen LogP contribution in [0, 0.1) is 6.92 Å². The van der Waals surface area contributed by atoms with Crippen LogP contribution < -0.4 is 0 Å². The van der Waals surface area contributed by atoms with Gasteiger partial charge in [0, 0.05) is 18.8 Å². The Labute approximate surface area is 135 Å². The zero-order valence-corrected chi connectivity index (χ0v) is 14.3. The van der Waals surface area contributed by atoms with E-state index in [1.165, 1.54) is 16.7 Å². The number of hydrogen-bond acceptors (Lipinski definition) is 1. The highest BCUT2D eigenvalue weighted by Gasteiger charge is 2.16. The Hall–Kier alpha value is -1.89. The summed E-state index contributed by atoms with van der Waals surface area (Å²) in [6.07, 6.45) is 2.18. The summed E-state index contributed by atoms with van der Waals surface area (Å²) in [5.74, 6) is 0.660. The first-order valence-corrected chi connectivity index (χ1v) is 8.34. The van der Waals surface area contributed by atoms with Crippen molar-refractivity contribution in [3.8, 4) is 0 Å². The number of rotatable bonds is 6. The Bertz CT molecular complexity index is 557. The van der Waals surface area contributed by atoms with Crippen LogP contribution in [0.15, 0.2) is 54.6 Å². The minimum Gasteiger partial charge on any atom is -0.300 e. The van der Waals surface area contributed by atoms with E-state index < -0.39 is 0 Å². The molecule has 1 nitrogen and oxygen atoms in total. The van der Waals surface area contributed by atoms with E-state index >= 15 is 0 Å². The lowest BCUT2D eigenvalue weighted by atomic mass is 9.84. The standard InChI is InChI=1S/C19H22O.C2H6/c1-3-17(20)13-14-19(16-10-5-4-6-11-16)18-12-8-7-9-15(18)2;1-2/h4-12,19H,3,13-14H2,1-2H3;1-2H3. The van der Waals surface area contributed by atoms with Crippen molar-refractivity contribution in [1.29, 1.82) is 0 Å². The van der Waals surface area contributed by atoms with Gasteiger partial charge in [-0.25, -0.2) is 0 Å². The highest BCUT2D eigenvalue weighted by molar-refractivity contribution is 5.78. The van der Waals surface area contributed by atoms with Crippen molar-refractivity contribution in [3.63, 3.8) is 0 Å². The predicted molar refractivity (Wildman–Crippen MR) is 95.3 cm³/mol. The minimum absolute atomic E-state index is 0.313. The fourth-order valence-electron chi connectivity index (χ4n) is 2.65. The molecular formula is C21H28O. The van der Waals surface area contributed by atoms with Gasteiger partial charge in [-0.15, -0.1) is 0 Å². The van der Waals surface area contributed by atoms with E-state index in [2.05, 4.69) is 55.5 Å². The molecule has 0 bridgehead atoms. The maximum atomic E-state index is 11.7. The number of Topliss-reactive ketones (excluding diaryl/α,β-unsaturated/α-hetero) is 1. The Kier molecular flexibility index (Phi) is 8.21. The molecule has 1 atom stereocenters. The molecule has 0 saturated heterocycles. The second kappa shape index (κ2) is 9.94. The van der Waals surface area contributed by atoms with Gasteiger partial charge in [-0.1, -0.05) is 75.4 Å². The quantitative estimate of drug-likeness (QED) is 0.647. The summed E-state index contributed by atoms with van der Waals surface area (Å²) in [7, 11) is 0. The van der Waals surface area contributed by atoms with E-state index in [1.807, 2.05) is 26.8 Å². The summed E-state index contributed by atoms with van der Waals surface area (Å²) in [6, 6.07) is 19.0. The molecular weight excluding hydrogens is 268 g/mol. The molecule has 2 aromatic rings. The first kappa shape index (κ1) is 18.2. The van der Waals surface area contributed by atoms with Gasteiger partial charge in [0.2, 0.25) is 0 Å². The van der Waals surface area contributed by atoms with Crippen LogP contribution in [0.25, 0.3) is 0 Å². The zero-order chi connectivity index (χ0) is 16.4. The molecule has 0 aliphatic carbocycles. The van der Waals surface area contributed by atoms with Gasteiger partial charge in [0.25, 0.3) is 0 Å². The third-order valence-corrected chi connectivity index (χ3v) is 3.87. The first-order valence-electron chi connectivity index (χ1n) is 8.34. The van der Waals surface area contributed by atoms with Gasteiger partial charge < -0.3 is 0 Å². The van der Waals surface area contributed by atoms with Crippen molar-refractivity contribution in [1.82, 2.24) is 0 Å². The van der Waals surface area contributed by atoms with E-state index in [1.54, 1.807) is 0 Å². The fourth-order valence-corrected chi connectivity index (χ4v) is 2.65. The summed E-state index contributed by atoms with van der Waals surface area (Å²) in [4.78, 5) is 11.7. The Morgan fingerprint density at radius 1 is 0.955 bits per heavy atom. The van der Waals surface area contributed by atoms with Gasteiger partial charge in [0.05, 0.1) is 0 Å². The Balaban J connectivity index is 0.00000116. The Morgan fingerprint density at radius 2 is 1.55 bits per heavy atom. The lowest BCUT2D eigenvalue weighted by Gasteiger charge is -2.19. The lowest BCUT2D eigenvalue weighted by Crippen LogP contribution is -2.06. The SMILES string of the molecule is CC.CCC(=O)CCC(c1ccccc1)c1ccccc1C. The number of hydrogen-bond donors (Lipinski definition) is 0. The van der Waals surface area contributed by atoms with Gasteiger partial charge in [0.1, 0.15) is 5.78 Å². The van der Waals surface area contributed by atoms with Gasteiger partial charge >= 0.3 is 0 Å². The topological polar surface area (TPSA) is 17.1 Å². The average Bonchev–Trinajstić information content (AvgIpc) is 2.59. The van der Waals surface area contributed by atoms with Crippen molar-refractivity contribution in [2.75, 3.05) is 0 Å². The molecule has 0 heterocycles. The summed E-state index contributed by atoms with van der Waals surface area (Å²) >= 11 is 0. The molecule has 2 rings (SSSR count). The first-order chi connectivity index (χ1) is 10.7. The highest BCUT2D eigenvalue weighted by Crippen LogP contribution is 2.31. The second-order valence-electron chi connectivity index (χ2n) is 5.25. The molecule has 0 spiro atoms. The summed E-state index contributed by atoms with van der Waals surface area (Å²) < 4.78 is 0. The minimum atomic E-state index is 0.313. The van der Waals surface area contributed by atoms with Crippen molar-refractivity contribution in [2.45, 2.75) is 52.9 Å². The molecule has 0 fully saturated rings. The summed E-state index contributed by atoms with van der Waals surface area (Å²) in [5, 5.41) is 0. The Morgan fingerprint density at radius 3 is 2.14 bits per heavy atom. The van der Waals surface area contributed by atoms with Crippen LogP contribution in [-0.4, -0.2) is 5.78 Å². The lowest BCUT2D eigenvalue weighted by molar-refractivity contribution is -0.118. The molecule has 0 amide bonds. The average molecular weight is 296 g/mol. The van der Waals surface area contributed by atoms with Gasteiger partial charge in [0.15, 0.2) is 0 Å². The third kappa shape index (κ3) is 5.14. The molecule has 118 valence electrons. The molecule has 0 radical (unpaired) electrons. The normalized spacial score (nSPS) is 11.3. The molecule has 22 heavy (non-hydrogen) atoms. The summed E-state index contributed by atoms with van der Waals surface area (Å²) in [5.41, 5.74) is 3.93. The molecule has 1 heteroatoms. The number of aryl methyl sites for hydroxylation is 1. The number of carbonyl (C=O) groups excluding carboxylic acids is 1. The second-order valence-corrected chi connectivity index (χ2v) is 5.25. The largest absolute Gasteiger partial charge is 0.300 e. The van der Waals surface area contributed by atoms with Crippen LogP contribution in [0.1, 0.15) is 62.6 Å². The highest BCUT2D eigenvalue weighted by atomic mass is 16.1. The van der Waals surface area contributed by atoms with Crippen molar-refractivity contribution < 1.29 is 4.79 Å². The van der Waals surface area contributed by atoms with Crippen molar-refractivity contribution in [2.24, 2.45) is 0 Å². The number of benzene rings is 2. The molecule has 0 saturated carbocycles. The number of ketones is 1. The molecule has 0 aliphatic rings. The van der Waals surface area contributed by atoms with Crippen molar-refractivity contribution in [3.05, 3.63) is 71.3 Å². The molecule has 0 aromatic heterocycles. The molecule has 2 aromatic carbocycles. The predicted octanol–water partition coefficient (Wildman–Crippen LogP) is 5.91. The molecule has 0 N–H and O–H groups in total. The van der Waals surface area contributed by atoms with Crippen LogP contribution in [0.3, 0.4) is 0 Å². The zero-order valence-electron chi connectivity index (χ0n) is 14.3. The molecule has 1 unspecified atom stereocenters. The smallest absolute Gasteiger partial charge is 0.132 e. The fraction of sp³-hybridized carbons (Fsp3) is 0.381. The van der Waals surface area contributed by atoms with Crippen LogP contribution in [-0.2, 0) is 4.79 Å². The monoisotopic (exact) mass is 296 g/mol. The van der Waals surface area contributed by atoms with E-state index in [9.17, 15) is 4.79 Å². The maximum Gasteiger partial charge on any atom is 0.132 e. The van der Waals surface area contributed by atoms with Gasteiger partial charge in [-0.2, -0.15) is 0 Å². The van der Waals surface area contributed by atoms with E-state index in [4.69, 9.17) is 0 Å². The van der Waals surface area contributed by atoms with E-state index in [-0.39, 0.29) is 0 Å². The van der Waals surface area contributed by atoms with Crippen molar-refractivity contribution >= 4 is 5.78 Å². The number of carbonyl (C=O) groups is 1. The van der Waals surface area contributed by atoms with Crippen LogP contribution >= 0.6 is 0 Å². The maximum absolute atomic E-state index is 11.7. The van der Waals surface area contributed by atoms with Crippen LogP contribution in [0.5, 0.6) is 0 Å². The van der Waals surface area contributed by atoms with E-state index in [0.29, 0.717) is 24.5 Å². The molecule has 0 aliphatic heterocycles. The third-order valence-electron chi connectivity index (χ3n) is 3.87. The van der Waals surface area contributed by atoms with Gasteiger partial charge in [-0.05, 0) is 30.0 Å². The summed E-state index contributed by atoms with van der Waals surface area (Å²) in [6.45, 7) is 8.08. The van der Waals surface area contributed by atoms with Crippen LogP contribution in [0.4, 0.5) is 0 Å². The van der Waals surface area contributed by atoms with Crippen LogP contribution in [0.2, 0.25) is 0 Å². The van der Waals surface area contributed by atoms with E-state index in [0.717, 1.165) is 6.42 Å². The van der Waals surface area contributed by atoms with Gasteiger partial charge in [-0.3, -0.25) is 4.79 Å².